The van der Waals surface area contributed by atoms with Crippen molar-refractivity contribution in [3.8, 4) is 0 Å². The number of thioether (sulfide) groups is 1. The molecule has 1 aromatic carbocycles. The molecule has 100 valence electrons. The number of aromatic amines is 1. The highest BCUT2D eigenvalue weighted by Crippen LogP contribution is 2.27. The molecule has 0 saturated heterocycles. The van der Waals surface area contributed by atoms with Gasteiger partial charge in [0.25, 0.3) is 5.69 Å². The van der Waals surface area contributed by atoms with Gasteiger partial charge in [-0.3, -0.25) is 15.2 Å². The first-order valence-electron chi connectivity index (χ1n) is 5.57. The maximum Gasteiger partial charge on any atom is 0.269 e. The summed E-state index contributed by atoms with van der Waals surface area (Å²) in [4.78, 5) is 14.6. The molecule has 2 rings (SSSR count). The predicted octanol–water partition coefficient (Wildman–Crippen LogP) is 2.36. The van der Waals surface area contributed by atoms with Crippen LogP contribution in [0.1, 0.15) is 11.4 Å². The van der Waals surface area contributed by atoms with E-state index in [9.17, 15) is 10.1 Å². The Balaban J connectivity index is 2.17. The molecule has 2 N–H and O–H groups in total. The highest BCUT2D eigenvalue weighted by molar-refractivity contribution is 7.98. The van der Waals surface area contributed by atoms with Crippen LogP contribution < -0.4 is 5.32 Å². The molecule has 1 heterocycles. The number of nitrogens with one attached hydrogen (secondary N) is 2. The molecule has 0 atom stereocenters. The molecule has 0 spiro atoms. The summed E-state index contributed by atoms with van der Waals surface area (Å²) < 4.78 is 0. The molecule has 7 nitrogen and oxygen atoms in total. The van der Waals surface area contributed by atoms with E-state index in [1.165, 1.54) is 17.8 Å². The van der Waals surface area contributed by atoms with Gasteiger partial charge in [0.2, 0.25) is 5.16 Å². The maximum absolute atomic E-state index is 10.8. The van der Waals surface area contributed by atoms with E-state index in [-0.39, 0.29) is 5.69 Å². The zero-order chi connectivity index (χ0) is 13.8. The van der Waals surface area contributed by atoms with Crippen molar-refractivity contribution >= 4 is 23.1 Å². The van der Waals surface area contributed by atoms with Gasteiger partial charge in [-0.2, -0.15) is 0 Å². The predicted molar refractivity (Wildman–Crippen MR) is 73.3 cm³/mol. The Morgan fingerprint density at radius 1 is 1.53 bits per heavy atom. The molecular formula is C11H13N5O2S. The minimum Gasteiger partial charge on any atom is -0.388 e. The van der Waals surface area contributed by atoms with Gasteiger partial charge in [0.05, 0.1) is 4.92 Å². The standard InChI is InChI=1S/C11H13N5O2S/c1-7-13-11(15-14-7)19-6-8-5-9(16(17)18)3-4-10(8)12-2/h3-5,12H,6H2,1-2H3,(H,13,14,15). The zero-order valence-electron chi connectivity index (χ0n) is 10.5. The largest absolute Gasteiger partial charge is 0.388 e. The fourth-order valence-electron chi connectivity index (χ4n) is 1.59. The second-order valence-corrected chi connectivity index (χ2v) is 4.78. The molecule has 8 heteroatoms. The Morgan fingerprint density at radius 2 is 2.32 bits per heavy atom. The summed E-state index contributed by atoms with van der Waals surface area (Å²) in [7, 11) is 1.78. The number of benzene rings is 1. The first-order valence-corrected chi connectivity index (χ1v) is 6.55. The van der Waals surface area contributed by atoms with E-state index in [1.807, 2.05) is 6.92 Å². The number of H-pyrrole nitrogens is 1. The van der Waals surface area contributed by atoms with E-state index >= 15 is 0 Å². The van der Waals surface area contributed by atoms with E-state index in [2.05, 4.69) is 20.5 Å². The quantitative estimate of drug-likeness (QED) is 0.495. The minimum atomic E-state index is -0.398. The van der Waals surface area contributed by atoms with E-state index in [1.54, 1.807) is 19.2 Å². The van der Waals surface area contributed by atoms with Crippen LogP contribution in [-0.2, 0) is 5.75 Å². The Labute approximate surface area is 114 Å². The van der Waals surface area contributed by atoms with E-state index < -0.39 is 4.92 Å². The normalized spacial score (nSPS) is 10.4. The lowest BCUT2D eigenvalue weighted by Crippen LogP contribution is -1.97. The van der Waals surface area contributed by atoms with Crippen LogP contribution in [0.2, 0.25) is 0 Å². The van der Waals surface area contributed by atoms with Crippen molar-refractivity contribution < 1.29 is 4.92 Å². The van der Waals surface area contributed by atoms with Crippen molar-refractivity contribution in [1.29, 1.82) is 0 Å². The highest BCUT2D eigenvalue weighted by atomic mass is 32.2. The monoisotopic (exact) mass is 279 g/mol. The number of anilines is 1. The van der Waals surface area contributed by atoms with Crippen LogP contribution in [0, 0.1) is 17.0 Å². The van der Waals surface area contributed by atoms with Gasteiger partial charge in [0.15, 0.2) is 0 Å². The zero-order valence-corrected chi connectivity index (χ0v) is 11.3. The van der Waals surface area contributed by atoms with Crippen LogP contribution in [0.3, 0.4) is 0 Å². The van der Waals surface area contributed by atoms with E-state index in [0.717, 1.165) is 17.1 Å². The van der Waals surface area contributed by atoms with Gasteiger partial charge in [-0.25, -0.2) is 4.98 Å². The van der Waals surface area contributed by atoms with Gasteiger partial charge in [-0.05, 0) is 18.6 Å². The second-order valence-electron chi connectivity index (χ2n) is 3.84. The maximum atomic E-state index is 10.8. The Hall–Kier alpha value is -2.09. The molecule has 0 aliphatic carbocycles. The van der Waals surface area contributed by atoms with Crippen molar-refractivity contribution in [3.63, 3.8) is 0 Å². The molecule has 0 saturated carbocycles. The van der Waals surface area contributed by atoms with Gasteiger partial charge in [0, 0.05) is 30.6 Å². The first kappa shape index (κ1) is 13.3. The molecule has 0 bridgehead atoms. The molecule has 2 aromatic rings. The molecule has 0 fully saturated rings. The summed E-state index contributed by atoms with van der Waals surface area (Å²) in [5.41, 5.74) is 1.80. The molecule has 0 aliphatic rings. The van der Waals surface area contributed by atoms with E-state index in [4.69, 9.17) is 0 Å². The molecular weight excluding hydrogens is 266 g/mol. The van der Waals surface area contributed by atoms with Crippen LogP contribution in [0.25, 0.3) is 0 Å². The number of hydrogen-bond acceptors (Lipinski definition) is 6. The molecule has 0 unspecified atom stereocenters. The average Bonchev–Trinajstić information content (AvgIpc) is 2.81. The smallest absolute Gasteiger partial charge is 0.269 e. The van der Waals surface area contributed by atoms with Crippen molar-refractivity contribution in [2.75, 3.05) is 12.4 Å². The van der Waals surface area contributed by atoms with Gasteiger partial charge in [-0.15, -0.1) is 5.10 Å². The van der Waals surface area contributed by atoms with Crippen LogP contribution in [0.5, 0.6) is 0 Å². The highest BCUT2D eigenvalue weighted by Gasteiger charge is 2.11. The van der Waals surface area contributed by atoms with Gasteiger partial charge in [0.1, 0.15) is 5.82 Å². The minimum absolute atomic E-state index is 0.0840. The number of rotatable bonds is 5. The van der Waals surface area contributed by atoms with Gasteiger partial charge < -0.3 is 5.32 Å². The Morgan fingerprint density at radius 3 is 2.89 bits per heavy atom. The number of nitrogens with zero attached hydrogens (tertiary/aromatic N) is 3. The number of aryl methyl sites for hydroxylation is 1. The summed E-state index contributed by atoms with van der Waals surface area (Å²) in [6.45, 7) is 1.82. The number of aromatic nitrogens is 3. The molecule has 1 aromatic heterocycles. The first-order chi connectivity index (χ1) is 9.10. The third-order valence-corrected chi connectivity index (χ3v) is 3.40. The number of nitro groups is 1. The van der Waals surface area contributed by atoms with E-state index in [0.29, 0.717) is 10.9 Å². The third kappa shape index (κ3) is 3.22. The lowest BCUT2D eigenvalue weighted by molar-refractivity contribution is -0.384. The topological polar surface area (TPSA) is 96.7 Å². The summed E-state index contributed by atoms with van der Waals surface area (Å²) in [6.07, 6.45) is 0. The lowest BCUT2D eigenvalue weighted by Gasteiger charge is -2.07. The number of hydrogen-bond donors (Lipinski definition) is 2. The summed E-state index contributed by atoms with van der Waals surface area (Å²) >= 11 is 1.43. The number of nitro benzene ring substituents is 1. The lowest BCUT2D eigenvalue weighted by atomic mass is 10.2. The number of non-ortho nitro benzene ring substituents is 1. The molecule has 0 aliphatic heterocycles. The van der Waals surface area contributed by atoms with Gasteiger partial charge >= 0.3 is 0 Å². The molecule has 0 amide bonds. The van der Waals surface area contributed by atoms with Crippen LogP contribution in [-0.4, -0.2) is 27.2 Å². The fraction of sp³-hybridized carbons (Fsp3) is 0.273. The van der Waals surface area contributed by atoms with Gasteiger partial charge in [-0.1, -0.05) is 11.8 Å². The van der Waals surface area contributed by atoms with Crippen molar-refractivity contribution in [2.24, 2.45) is 0 Å². The summed E-state index contributed by atoms with van der Waals surface area (Å²) in [6, 6.07) is 4.76. The average molecular weight is 279 g/mol. The van der Waals surface area contributed by atoms with Crippen LogP contribution in [0.4, 0.5) is 11.4 Å². The SMILES string of the molecule is CNc1ccc([N+](=O)[O-])cc1CSc1n[nH]c(C)n1. The third-order valence-electron chi connectivity index (χ3n) is 2.50. The van der Waals surface area contributed by atoms with Crippen molar-refractivity contribution in [1.82, 2.24) is 15.2 Å². The molecule has 0 radical (unpaired) electrons. The Kier molecular flexibility index (Phi) is 4.00. The van der Waals surface area contributed by atoms with Crippen molar-refractivity contribution in [3.05, 3.63) is 39.7 Å². The fourth-order valence-corrected chi connectivity index (χ4v) is 2.42. The summed E-state index contributed by atoms with van der Waals surface area (Å²) in [5, 5.41) is 21.2. The van der Waals surface area contributed by atoms with Crippen LogP contribution in [0.15, 0.2) is 23.4 Å². The van der Waals surface area contributed by atoms with Crippen molar-refractivity contribution in [2.45, 2.75) is 17.8 Å². The molecule has 19 heavy (non-hydrogen) atoms. The second kappa shape index (κ2) is 5.70. The Bertz CT molecular complexity index is 599. The summed E-state index contributed by atoms with van der Waals surface area (Å²) in [5.74, 6) is 1.31. The van der Waals surface area contributed by atoms with Crippen LogP contribution >= 0.6 is 11.8 Å².